The summed E-state index contributed by atoms with van der Waals surface area (Å²) in [5.41, 5.74) is 1.72. The van der Waals surface area contributed by atoms with Gasteiger partial charge >= 0.3 is 5.69 Å². The van der Waals surface area contributed by atoms with Gasteiger partial charge in [0.25, 0.3) is 0 Å². The molecule has 0 aromatic carbocycles. The minimum Gasteiger partial charge on any atom is -0.394 e. The second-order valence-corrected chi connectivity index (χ2v) is 3.30. The second kappa shape index (κ2) is 6.64. The van der Waals surface area contributed by atoms with E-state index >= 15 is 0 Å². The molecule has 0 aliphatic heterocycles. The number of aliphatic hydroxyl groups excluding tert-OH is 1. The minimum atomic E-state index is -0.668. The van der Waals surface area contributed by atoms with E-state index in [2.05, 4.69) is 20.7 Å². The number of nitrogens with zero attached hydrogens (tertiary/aromatic N) is 3. The van der Waals surface area contributed by atoms with Gasteiger partial charge in [-0.3, -0.25) is 10.1 Å². The average Bonchev–Trinajstić information content (AvgIpc) is 2.37. The largest absolute Gasteiger partial charge is 0.394 e. The van der Waals surface area contributed by atoms with Gasteiger partial charge in [-0.05, 0) is 0 Å². The van der Waals surface area contributed by atoms with Crippen molar-refractivity contribution in [3.8, 4) is 0 Å². The number of ether oxygens (including phenoxy) is 1. The standard InChI is InChI=1S/C8H14N6O4/c1-18-3-5(2-15)12-7-6(14(16)17)8(13-9)11-4-10-7/h4-5,15H,2-3,9H2,1H3,(H2,10,11,12,13). The molecule has 1 rings (SSSR count). The predicted molar refractivity (Wildman–Crippen MR) is 62.9 cm³/mol. The van der Waals surface area contributed by atoms with E-state index in [-0.39, 0.29) is 24.8 Å². The number of nitro groups is 1. The Hall–Kier alpha value is -2.04. The fraction of sp³-hybridized carbons (Fsp3) is 0.500. The molecule has 0 fully saturated rings. The van der Waals surface area contributed by atoms with E-state index in [0.717, 1.165) is 6.33 Å². The first-order chi connectivity index (χ1) is 8.63. The van der Waals surface area contributed by atoms with Crippen LogP contribution in [-0.2, 0) is 4.74 Å². The van der Waals surface area contributed by atoms with Crippen LogP contribution in [0.3, 0.4) is 0 Å². The van der Waals surface area contributed by atoms with E-state index in [1.165, 1.54) is 7.11 Å². The van der Waals surface area contributed by atoms with Crippen molar-refractivity contribution in [2.45, 2.75) is 6.04 Å². The summed E-state index contributed by atoms with van der Waals surface area (Å²) in [7, 11) is 1.45. The molecule has 1 aromatic heterocycles. The summed E-state index contributed by atoms with van der Waals surface area (Å²) < 4.78 is 4.85. The van der Waals surface area contributed by atoms with E-state index in [1.54, 1.807) is 0 Å². The molecule has 1 aromatic rings. The molecule has 1 atom stereocenters. The minimum absolute atomic E-state index is 0.0425. The first kappa shape index (κ1) is 14.0. The maximum Gasteiger partial charge on any atom is 0.354 e. The molecule has 0 bridgehead atoms. The summed E-state index contributed by atoms with van der Waals surface area (Å²) in [6, 6.07) is -0.519. The third kappa shape index (κ3) is 3.23. The fourth-order valence-corrected chi connectivity index (χ4v) is 1.30. The Morgan fingerprint density at radius 2 is 2.28 bits per heavy atom. The van der Waals surface area contributed by atoms with Crippen LogP contribution in [0.15, 0.2) is 6.33 Å². The van der Waals surface area contributed by atoms with Crippen molar-refractivity contribution in [2.75, 3.05) is 31.1 Å². The van der Waals surface area contributed by atoms with Crippen molar-refractivity contribution in [2.24, 2.45) is 5.84 Å². The lowest BCUT2D eigenvalue weighted by Gasteiger charge is -2.15. The van der Waals surface area contributed by atoms with Crippen LogP contribution < -0.4 is 16.6 Å². The van der Waals surface area contributed by atoms with Crippen LogP contribution in [0.1, 0.15) is 0 Å². The molecule has 5 N–H and O–H groups in total. The van der Waals surface area contributed by atoms with Crippen molar-refractivity contribution in [1.29, 1.82) is 0 Å². The Kier molecular flexibility index (Phi) is 5.17. The number of aliphatic hydroxyl groups is 1. The Morgan fingerprint density at radius 1 is 1.61 bits per heavy atom. The quantitative estimate of drug-likeness (QED) is 0.277. The Morgan fingerprint density at radius 3 is 2.78 bits per heavy atom. The number of hydrogen-bond donors (Lipinski definition) is 4. The summed E-state index contributed by atoms with van der Waals surface area (Å²) in [5, 5.41) is 22.7. The number of methoxy groups -OCH3 is 1. The van der Waals surface area contributed by atoms with Crippen LogP contribution >= 0.6 is 0 Å². The molecular formula is C8H14N6O4. The molecule has 1 heterocycles. The second-order valence-electron chi connectivity index (χ2n) is 3.30. The predicted octanol–water partition coefficient (Wildman–Crippen LogP) is -0.910. The molecule has 0 radical (unpaired) electrons. The maximum absolute atomic E-state index is 10.9. The van der Waals surface area contributed by atoms with E-state index < -0.39 is 16.7 Å². The lowest BCUT2D eigenvalue weighted by Crippen LogP contribution is -2.29. The third-order valence-corrected chi connectivity index (χ3v) is 2.07. The maximum atomic E-state index is 10.9. The van der Waals surface area contributed by atoms with Gasteiger partial charge in [0.15, 0.2) is 0 Å². The van der Waals surface area contributed by atoms with Gasteiger partial charge in [-0.25, -0.2) is 15.8 Å². The van der Waals surface area contributed by atoms with E-state index in [4.69, 9.17) is 15.7 Å². The molecule has 0 spiro atoms. The lowest BCUT2D eigenvalue weighted by atomic mass is 10.3. The Labute approximate surface area is 102 Å². The van der Waals surface area contributed by atoms with Gasteiger partial charge in [-0.1, -0.05) is 0 Å². The first-order valence-electron chi connectivity index (χ1n) is 4.96. The summed E-state index contributed by atoms with van der Waals surface area (Å²) in [6.07, 6.45) is 1.12. The van der Waals surface area contributed by atoms with Crippen molar-refractivity contribution in [3.63, 3.8) is 0 Å². The smallest absolute Gasteiger partial charge is 0.354 e. The van der Waals surface area contributed by atoms with E-state index in [1.807, 2.05) is 0 Å². The van der Waals surface area contributed by atoms with Gasteiger partial charge in [0.1, 0.15) is 6.33 Å². The normalized spacial score (nSPS) is 11.9. The zero-order chi connectivity index (χ0) is 13.5. The van der Waals surface area contributed by atoms with Gasteiger partial charge in [-0.2, -0.15) is 0 Å². The Bertz CT molecular complexity index is 415. The Balaban J connectivity index is 3.03. The van der Waals surface area contributed by atoms with Crippen LogP contribution in [0.4, 0.5) is 17.3 Å². The zero-order valence-corrected chi connectivity index (χ0v) is 9.66. The van der Waals surface area contributed by atoms with Gasteiger partial charge in [0.2, 0.25) is 11.6 Å². The number of nitrogens with one attached hydrogen (secondary N) is 2. The van der Waals surface area contributed by atoms with Crippen molar-refractivity contribution in [3.05, 3.63) is 16.4 Å². The van der Waals surface area contributed by atoms with E-state index in [9.17, 15) is 10.1 Å². The highest BCUT2D eigenvalue weighted by molar-refractivity contribution is 5.69. The molecule has 18 heavy (non-hydrogen) atoms. The molecule has 10 nitrogen and oxygen atoms in total. The summed E-state index contributed by atoms with van der Waals surface area (Å²) in [4.78, 5) is 17.6. The fourth-order valence-electron chi connectivity index (χ4n) is 1.30. The average molecular weight is 258 g/mol. The topological polar surface area (TPSA) is 148 Å². The van der Waals surface area contributed by atoms with Crippen molar-refractivity contribution >= 4 is 17.3 Å². The highest BCUT2D eigenvalue weighted by Gasteiger charge is 2.24. The van der Waals surface area contributed by atoms with E-state index in [0.29, 0.717) is 0 Å². The number of nitrogens with two attached hydrogens (primary N) is 1. The van der Waals surface area contributed by atoms with Crippen LogP contribution in [0.25, 0.3) is 0 Å². The van der Waals surface area contributed by atoms with Gasteiger partial charge < -0.3 is 20.6 Å². The zero-order valence-electron chi connectivity index (χ0n) is 9.66. The van der Waals surface area contributed by atoms with Crippen LogP contribution in [0.2, 0.25) is 0 Å². The highest BCUT2D eigenvalue weighted by atomic mass is 16.6. The number of rotatable bonds is 7. The van der Waals surface area contributed by atoms with Gasteiger partial charge in [0, 0.05) is 7.11 Å². The van der Waals surface area contributed by atoms with Crippen molar-refractivity contribution < 1.29 is 14.8 Å². The van der Waals surface area contributed by atoms with Crippen molar-refractivity contribution in [1.82, 2.24) is 9.97 Å². The molecular weight excluding hydrogens is 244 g/mol. The molecule has 10 heteroatoms. The molecule has 100 valence electrons. The SMILES string of the molecule is COCC(CO)Nc1ncnc(NN)c1[N+](=O)[O-]. The molecule has 0 saturated heterocycles. The first-order valence-corrected chi connectivity index (χ1v) is 4.96. The number of hydrazine groups is 1. The highest BCUT2D eigenvalue weighted by Crippen LogP contribution is 2.28. The molecule has 0 aliphatic rings. The number of nitrogen functional groups attached to an aromatic ring is 1. The number of anilines is 2. The van der Waals surface area contributed by atoms with Crippen LogP contribution in [-0.4, -0.2) is 46.4 Å². The molecule has 1 unspecified atom stereocenters. The summed E-state index contributed by atoms with van der Waals surface area (Å²) in [5.74, 6) is 4.97. The number of hydrogen-bond acceptors (Lipinski definition) is 9. The summed E-state index contributed by atoms with van der Waals surface area (Å²) >= 11 is 0. The monoisotopic (exact) mass is 258 g/mol. The van der Waals surface area contributed by atoms with Crippen LogP contribution in [0, 0.1) is 10.1 Å². The van der Waals surface area contributed by atoms with Crippen LogP contribution in [0.5, 0.6) is 0 Å². The lowest BCUT2D eigenvalue weighted by molar-refractivity contribution is -0.383. The van der Waals surface area contributed by atoms with Gasteiger partial charge in [0.05, 0.1) is 24.2 Å². The third-order valence-electron chi connectivity index (χ3n) is 2.07. The van der Waals surface area contributed by atoms with Gasteiger partial charge in [-0.15, -0.1) is 0 Å². The number of aromatic nitrogens is 2. The summed E-state index contributed by atoms with van der Waals surface area (Å²) in [6.45, 7) is -0.0938. The molecule has 0 amide bonds. The molecule has 0 aliphatic carbocycles. The molecule has 0 saturated carbocycles.